The van der Waals surface area contributed by atoms with Crippen LogP contribution in [0, 0.1) is 0 Å². The van der Waals surface area contributed by atoms with Crippen molar-refractivity contribution in [2.75, 3.05) is 30.7 Å². The first-order chi connectivity index (χ1) is 9.45. The zero-order valence-electron chi connectivity index (χ0n) is 10.9. The SMILES string of the molecule is Nc1cc(Cl)cc(Cl)c1NC(=O)CN1CCC(O)CC1. The van der Waals surface area contributed by atoms with Crippen LogP contribution in [0.15, 0.2) is 12.1 Å². The van der Waals surface area contributed by atoms with Gasteiger partial charge in [0.1, 0.15) is 0 Å². The Morgan fingerprint density at radius 2 is 2.05 bits per heavy atom. The molecule has 1 saturated heterocycles. The van der Waals surface area contributed by atoms with E-state index in [1.807, 2.05) is 4.90 Å². The highest BCUT2D eigenvalue weighted by atomic mass is 35.5. The summed E-state index contributed by atoms with van der Waals surface area (Å²) in [6, 6.07) is 3.08. The van der Waals surface area contributed by atoms with Crippen LogP contribution >= 0.6 is 23.2 Å². The van der Waals surface area contributed by atoms with Gasteiger partial charge in [0.15, 0.2) is 0 Å². The van der Waals surface area contributed by atoms with Crippen molar-refractivity contribution in [1.29, 1.82) is 0 Å². The minimum absolute atomic E-state index is 0.183. The van der Waals surface area contributed by atoms with Gasteiger partial charge in [0.05, 0.1) is 29.0 Å². The molecule has 4 N–H and O–H groups in total. The molecule has 0 atom stereocenters. The second kappa shape index (κ2) is 6.63. The molecular formula is C13H17Cl2N3O2. The fourth-order valence-corrected chi connectivity index (χ4v) is 2.74. The summed E-state index contributed by atoms with van der Waals surface area (Å²) in [5.74, 6) is -0.183. The molecule has 1 amide bonds. The van der Waals surface area contributed by atoms with Gasteiger partial charge in [0.2, 0.25) is 5.91 Å². The van der Waals surface area contributed by atoms with Gasteiger partial charge in [-0.1, -0.05) is 23.2 Å². The fraction of sp³-hybridized carbons (Fsp3) is 0.462. The van der Waals surface area contributed by atoms with E-state index in [9.17, 15) is 9.90 Å². The highest BCUT2D eigenvalue weighted by Crippen LogP contribution is 2.31. The summed E-state index contributed by atoms with van der Waals surface area (Å²) >= 11 is 11.8. The van der Waals surface area contributed by atoms with Crippen molar-refractivity contribution in [3.05, 3.63) is 22.2 Å². The Labute approximate surface area is 127 Å². The number of halogens is 2. The predicted octanol–water partition coefficient (Wildman–Crippen LogP) is 1.97. The van der Waals surface area contributed by atoms with Crippen molar-refractivity contribution < 1.29 is 9.90 Å². The van der Waals surface area contributed by atoms with Crippen LogP contribution in [-0.4, -0.2) is 41.7 Å². The summed E-state index contributed by atoms with van der Waals surface area (Å²) < 4.78 is 0. The lowest BCUT2D eigenvalue weighted by atomic mass is 10.1. The topological polar surface area (TPSA) is 78.6 Å². The zero-order valence-corrected chi connectivity index (χ0v) is 12.4. The van der Waals surface area contributed by atoms with Crippen LogP contribution in [0.2, 0.25) is 10.0 Å². The Bertz CT molecular complexity index is 479. The summed E-state index contributed by atoms with van der Waals surface area (Å²) in [6.45, 7) is 1.67. The zero-order chi connectivity index (χ0) is 14.7. The number of hydrogen-bond acceptors (Lipinski definition) is 4. The third-order valence-corrected chi connectivity index (χ3v) is 3.79. The maximum absolute atomic E-state index is 12.0. The van der Waals surface area contributed by atoms with Crippen molar-refractivity contribution in [3.8, 4) is 0 Å². The summed E-state index contributed by atoms with van der Waals surface area (Å²) in [5.41, 5.74) is 6.52. The monoisotopic (exact) mass is 317 g/mol. The van der Waals surface area contributed by atoms with Gasteiger partial charge in [-0.05, 0) is 25.0 Å². The minimum atomic E-state index is -0.254. The largest absolute Gasteiger partial charge is 0.397 e. The van der Waals surface area contributed by atoms with E-state index >= 15 is 0 Å². The van der Waals surface area contributed by atoms with Gasteiger partial charge in [-0.25, -0.2) is 0 Å². The first-order valence-electron chi connectivity index (χ1n) is 6.40. The lowest BCUT2D eigenvalue weighted by molar-refractivity contribution is -0.117. The van der Waals surface area contributed by atoms with Gasteiger partial charge >= 0.3 is 0 Å². The molecule has 110 valence electrons. The van der Waals surface area contributed by atoms with Gasteiger partial charge in [-0.15, -0.1) is 0 Å². The van der Waals surface area contributed by atoms with E-state index in [4.69, 9.17) is 28.9 Å². The van der Waals surface area contributed by atoms with Crippen molar-refractivity contribution in [2.24, 2.45) is 0 Å². The second-order valence-electron chi connectivity index (χ2n) is 4.91. The molecular weight excluding hydrogens is 301 g/mol. The standard InChI is InChI=1S/C13H17Cl2N3O2/c14-8-5-10(15)13(11(16)6-8)17-12(20)7-18-3-1-9(19)2-4-18/h5-6,9,19H,1-4,7,16H2,(H,17,20). The first-order valence-corrected chi connectivity index (χ1v) is 7.16. The van der Waals surface area contributed by atoms with Crippen LogP contribution in [0.3, 0.4) is 0 Å². The number of carbonyl (C=O) groups is 1. The number of carbonyl (C=O) groups excluding carboxylic acids is 1. The van der Waals surface area contributed by atoms with E-state index < -0.39 is 0 Å². The van der Waals surface area contributed by atoms with Crippen molar-refractivity contribution >= 4 is 40.5 Å². The highest BCUT2D eigenvalue weighted by Gasteiger charge is 2.19. The lowest BCUT2D eigenvalue weighted by Gasteiger charge is -2.28. The van der Waals surface area contributed by atoms with Crippen LogP contribution < -0.4 is 11.1 Å². The number of amides is 1. The Morgan fingerprint density at radius 1 is 1.40 bits per heavy atom. The van der Waals surface area contributed by atoms with Gasteiger partial charge < -0.3 is 16.2 Å². The molecule has 0 aliphatic carbocycles. The summed E-state index contributed by atoms with van der Waals surface area (Å²) in [4.78, 5) is 14.0. The summed E-state index contributed by atoms with van der Waals surface area (Å²) in [5, 5.41) is 12.9. The Morgan fingerprint density at radius 3 is 2.65 bits per heavy atom. The van der Waals surface area contributed by atoms with Crippen LogP contribution in [0.25, 0.3) is 0 Å². The number of nitrogens with one attached hydrogen (secondary N) is 1. The van der Waals surface area contributed by atoms with E-state index in [1.54, 1.807) is 6.07 Å². The number of aliphatic hydroxyl groups excluding tert-OH is 1. The molecule has 1 fully saturated rings. The molecule has 0 spiro atoms. The third kappa shape index (κ3) is 3.99. The number of likely N-dealkylation sites (tertiary alicyclic amines) is 1. The van der Waals surface area contributed by atoms with Gasteiger partial charge in [-0.3, -0.25) is 9.69 Å². The molecule has 2 rings (SSSR count). The highest BCUT2D eigenvalue weighted by molar-refractivity contribution is 6.37. The van der Waals surface area contributed by atoms with Gasteiger partial charge in [0.25, 0.3) is 0 Å². The number of hydrogen-bond donors (Lipinski definition) is 3. The molecule has 0 saturated carbocycles. The van der Waals surface area contributed by atoms with Crippen LogP contribution in [0.4, 0.5) is 11.4 Å². The Kier molecular flexibility index (Phi) is 5.10. The average molecular weight is 318 g/mol. The summed E-state index contributed by atoms with van der Waals surface area (Å²) in [7, 11) is 0. The Hall–Kier alpha value is -1.01. The number of nitrogens with zero attached hydrogens (tertiary/aromatic N) is 1. The molecule has 1 heterocycles. The fourth-order valence-electron chi connectivity index (χ4n) is 2.18. The normalized spacial score (nSPS) is 17.1. The van der Waals surface area contributed by atoms with E-state index in [1.165, 1.54) is 6.07 Å². The molecule has 0 radical (unpaired) electrons. The maximum atomic E-state index is 12.0. The molecule has 20 heavy (non-hydrogen) atoms. The number of benzene rings is 1. The number of nitrogen functional groups attached to an aromatic ring is 1. The second-order valence-corrected chi connectivity index (χ2v) is 5.75. The van der Waals surface area contributed by atoms with E-state index in [2.05, 4.69) is 5.32 Å². The molecule has 1 aromatic rings. The average Bonchev–Trinajstić information content (AvgIpc) is 2.36. The van der Waals surface area contributed by atoms with Crippen LogP contribution in [0.1, 0.15) is 12.8 Å². The number of piperidine rings is 1. The Balaban J connectivity index is 1.95. The number of aliphatic hydroxyl groups is 1. The van der Waals surface area contributed by atoms with Crippen molar-refractivity contribution in [1.82, 2.24) is 4.90 Å². The third-order valence-electron chi connectivity index (χ3n) is 3.27. The van der Waals surface area contributed by atoms with Crippen molar-refractivity contribution in [3.63, 3.8) is 0 Å². The van der Waals surface area contributed by atoms with E-state index in [0.29, 0.717) is 47.4 Å². The summed E-state index contributed by atoms with van der Waals surface area (Å²) in [6.07, 6.45) is 1.13. The quantitative estimate of drug-likeness (QED) is 0.745. The molecule has 1 aliphatic heterocycles. The van der Waals surface area contributed by atoms with E-state index in [-0.39, 0.29) is 18.6 Å². The molecule has 0 bridgehead atoms. The molecule has 7 heteroatoms. The molecule has 1 aliphatic rings. The van der Waals surface area contributed by atoms with Gasteiger partial charge in [0, 0.05) is 18.1 Å². The molecule has 0 unspecified atom stereocenters. The van der Waals surface area contributed by atoms with Crippen LogP contribution in [-0.2, 0) is 4.79 Å². The minimum Gasteiger partial charge on any atom is -0.397 e. The van der Waals surface area contributed by atoms with E-state index in [0.717, 1.165) is 0 Å². The molecule has 1 aromatic carbocycles. The van der Waals surface area contributed by atoms with Crippen LogP contribution in [0.5, 0.6) is 0 Å². The predicted molar refractivity (Wildman–Crippen MR) is 81.2 cm³/mol. The maximum Gasteiger partial charge on any atom is 0.238 e. The first kappa shape index (κ1) is 15.4. The smallest absolute Gasteiger partial charge is 0.238 e. The number of nitrogens with two attached hydrogens (primary N) is 1. The lowest BCUT2D eigenvalue weighted by Crippen LogP contribution is -2.40. The molecule has 0 aromatic heterocycles. The number of anilines is 2. The van der Waals surface area contributed by atoms with Gasteiger partial charge in [-0.2, -0.15) is 0 Å². The van der Waals surface area contributed by atoms with Crippen molar-refractivity contribution in [2.45, 2.75) is 18.9 Å². The molecule has 5 nitrogen and oxygen atoms in total. The number of rotatable bonds is 3.